The topological polar surface area (TPSA) is 67.4 Å². The molecule has 0 radical (unpaired) electrons. The fraction of sp³-hybridized carbons (Fsp3) is 0.103. The predicted octanol–water partition coefficient (Wildman–Crippen LogP) is 6.25. The van der Waals surface area contributed by atoms with Crippen LogP contribution >= 0.6 is 15.9 Å². The van der Waals surface area contributed by atoms with Gasteiger partial charge in [0.25, 0.3) is 11.8 Å². The van der Waals surface area contributed by atoms with Gasteiger partial charge in [0.05, 0.1) is 11.1 Å². The maximum atomic E-state index is 12.7. The van der Waals surface area contributed by atoms with Crippen molar-refractivity contribution in [2.24, 2.45) is 0 Å². The van der Waals surface area contributed by atoms with Crippen LogP contribution in [0.2, 0.25) is 0 Å². The van der Waals surface area contributed by atoms with Crippen LogP contribution in [0.4, 0.5) is 5.69 Å². The van der Waals surface area contributed by atoms with Gasteiger partial charge in [-0.2, -0.15) is 0 Å². The summed E-state index contributed by atoms with van der Waals surface area (Å²) in [5, 5.41) is 5.75. The molecule has 2 N–H and O–H groups in total. The molecule has 0 unspecified atom stereocenters. The molecule has 0 saturated carbocycles. The Balaban J connectivity index is 1.29. The highest BCUT2D eigenvalue weighted by atomic mass is 79.9. The number of rotatable bonds is 9. The molecule has 0 bridgehead atoms. The van der Waals surface area contributed by atoms with Crippen molar-refractivity contribution >= 4 is 33.4 Å². The molecule has 4 aromatic carbocycles. The molecule has 176 valence electrons. The Kier molecular flexibility index (Phi) is 8.30. The van der Waals surface area contributed by atoms with Gasteiger partial charge in [-0.3, -0.25) is 9.59 Å². The third-order valence-corrected chi connectivity index (χ3v) is 6.01. The average Bonchev–Trinajstić information content (AvgIpc) is 2.90. The largest absolute Gasteiger partial charge is 0.492 e. The summed E-state index contributed by atoms with van der Waals surface area (Å²) in [4.78, 5) is 25.1. The van der Waals surface area contributed by atoms with Crippen LogP contribution in [0.5, 0.6) is 5.75 Å². The van der Waals surface area contributed by atoms with Crippen LogP contribution in [0.3, 0.4) is 0 Å². The molecule has 0 aromatic heterocycles. The third kappa shape index (κ3) is 7.04. The zero-order valence-corrected chi connectivity index (χ0v) is 20.6. The molecule has 2 amide bonds. The van der Waals surface area contributed by atoms with Gasteiger partial charge in [-0.15, -0.1) is 0 Å². The summed E-state index contributed by atoms with van der Waals surface area (Å²) >= 11 is 3.49. The Morgan fingerprint density at radius 2 is 1.34 bits per heavy atom. The molecule has 5 nitrogen and oxygen atoms in total. The summed E-state index contributed by atoms with van der Waals surface area (Å²) in [5.41, 5.74) is 3.87. The van der Waals surface area contributed by atoms with Crippen molar-refractivity contribution in [1.82, 2.24) is 5.32 Å². The van der Waals surface area contributed by atoms with E-state index >= 15 is 0 Å². The summed E-state index contributed by atoms with van der Waals surface area (Å²) in [5.74, 6) is 0.268. The van der Waals surface area contributed by atoms with Crippen LogP contribution in [0.25, 0.3) is 0 Å². The number of benzene rings is 4. The molecule has 0 fully saturated rings. The number of nitrogens with one attached hydrogen (secondary N) is 2. The molecule has 0 saturated heterocycles. The van der Waals surface area contributed by atoms with E-state index in [4.69, 9.17) is 4.74 Å². The fourth-order valence-electron chi connectivity index (χ4n) is 3.47. The fourth-order valence-corrected chi connectivity index (χ4v) is 3.96. The first-order chi connectivity index (χ1) is 17.1. The number of halogens is 1. The molecule has 6 heteroatoms. The van der Waals surface area contributed by atoms with E-state index in [1.807, 2.05) is 48.5 Å². The standard InChI is InChI=1S/C29H25BrN2O3/c30-26-19-24(13-16-27(26)35-18-17-21-7-3-1-4-8-21)29(34)32-25-14-11-23(12-15-25)28(33)31-20-22-9-5-2-6-10-22/h1-16,19H,17-18,20H2,(H,31,33)(H,32,34). The third-order valence-electron chi connectivity index (χ3n) is 5.39. The van der Waals surface area contributed by atoms with E-state index in [0.717, 1.165) is 12.0 Å². The van der Waals surface area contributed by atoms with Crippen molar-refractivity contribution in [2.45, 2.75) is 13.0 Å². The normalized spacial score (nSPS) is 10.4. The van der Waals surface area contributed by atoms with Gasteiger partial charge in [-0.05, 0) is 69.5 Å². The van der Waals surface area contributed by atoms with Gasteiger partial charge < -0.3 is 15.4 Å². The lowest BCUT2D eigenvalue weighted by molar-refractivity contribution is 0.0950. The molecule has 4 aromatic rings. The minimum atomic E-state index is -0.247. The van der Waals surface area contributed by atoms with Crippen LogP contribution in [0.15, 0.2) is 108 Å². The van der Waals surface area contributed by atoms with Crippen molar-refractivity contribution in [3.63, 3.8) is 0 Å². The van der Waals surface area contributed by atoms with Gasteiger partial charge >= 0.3 is 0 Å². The van der Waals surface area contributed by atoms with Crippen LogP contribution in [0.1, 0.15) is 31.8 Å². The van der Waals surface area contributed by atoms with E-state index in [-0.39, 0.29) is 11.8 Å². The SMILES string of the molecule is O=C(NCc1ccccc1)c1ccc(NC(=O)c2ccc(OCCc3ccccc3)c(Br)c2)cc1. The van der Waals surface area contributed by atoms with Crippen molar-refractivity contribution in [3.8, 4) is 5.75 Å². The molecule has 4 rings (SSSR count). The van der Waals surface area contributed by atoms with E-state index < -0.39 is 0 Å². The summed E-state index contributed by atoms with van der Waals surface area (Å²) in [7, 11) is 0. The first-order valence-electron chi connectivity index (χ1n) is 11.3. The summed E-state index contributed by atoms with van der Waals surface area (Å²) < 4.78 is 6.57. The second-order valence-electron chi connectivity index (χ2n) is 7.93. The lowest BCUT2D eigenvalue weighted by atomic mass is 10.1. The second-order valence-corrected chi connectivity index (χ2v) is 8.78. The van der Waals surface area contributed by atoms with Crippen molar-refractivity contribution in [1.29, 1.82) is 0 Å². The summed E-state index contributed by atoms with van der Waals surface area (Å²) in [6, 6.07) is 31.9. The first kappa shape index (κ1) is 24.2. The molecular formula is C29H25BrN2O3. The predicted molar refractivity (Wildman–Crippen MR) is 142 cm³/mol. The smallest absolute Gasteiger partial charge is 0.255 e. The lowest BCUT2D eigenvalue weighted by Gasteiger charge is -2.11. The molecule has 0 aliphatic carbocycles. The summed E-state index contributed by atoms with van der Waals surface area (Å²) in [6.07, 6.45) is 0.801. The van der Waals surface area contributed by atoms with Gasteiger partial charge in [0.15, 0.2) is 0 Å². The quantitative estimate of drug-likeness (QED) is 0.269. The Labute approximate surface area is 213 Å². The van der Waals surface area contributed by atoms with Gasteiger partial charge in [0.2, 0.25) is 0 Å². The Bertz CT molecular complexity index is 1280. The number of amides is 2. The number of hydrogen-bond acceptors (Lipinski definition) is 3. The Morgan fingerprint density at radius 3 is 2.00 bits per heavy atom. The average molecular weight is 529 g/mol. The van der Waals surface area contributed by atoms with E-state index in [2.05, 4.69) is 38.7 Å². The van der Waals surface area contributed by atoms with E-state index in [9.17, 15) is 9.59 Å². The van der Waals surface area contributed by atoms with Gasteiger partial charge in [0.1, 0.15) is 5.75 Å². The highest BCUT2D eigenvalue weighted by Gasteiger charge is 2.11. The lowest BCUT2D eigenvalue weighted by Crippen LogP contribution is -2.22. The molecule has 0 atom stereocenters. The van der Waals surface area contributed by atoms with Crippen LogP contribution in [0, 0.1) is 0 Å². The monoisotopic (exact) mass is 528 g/mol. The zero-order valence-electron chi connectivity index (χ0n) is 19.0. The maximum absolute atomic E-state index is 12.7. The highest BCUT2D eigenvalue weighted by molar-refractivity contribution is 9.10. The van der Waals surface area contributed by atoms with Crippen molar-refractivity contribution in [3.05, 3.63) is 130 Å². The minimum Gasteiger partial charge on any atom is -0.492 e. The van der Waals surface area contributed by atoms with E-state index in [0.29, 0.717) is 40.2 Å². The molecular weight excluding hydrogens is 504 g/mol. The first-order valence-corrected chi connectivity index (χ1v) is 12.1. The number of ether oxygens (including phenoxy) is 1. The van der Waals surface area contributed by atoms with Crippen LogP contribution in [-0.2, 0) is 13.0 Å². The van der Waals surface area contributed by atoms with Crippen LogP contribution < -0.4 is 15.4 Å². The number of carbonyl (C=O) groups excluding carboxylic acids is 2. The molecule has 0 spiro atoms. The Hall–Kier alpha value is -3.90. The van der Waals surface area contributed by atoms with Gasteiger partial charge in [-0.25, -0.2) is 0 Å². The molecule has 0 aliphatic rings. The minimum absolute atomic E-state index is 0.168. The van der Waals surface area contributed by atoms with E-state index in [1.165, 1.54) is 5.56 Å². The van der Waals surface area contributed by atoms with Crippen LogP contribution in [-0.4, -0.2) is 18.4 Å². The Morgan fingerprint density at radius 1 is 0.714 bits per heavy atom. The zero-order chi connectivity index (χ0) is 24.5. The highest BCUT2D eigenvalue weighted by Crippen LogP contribution is 2.26. The number of carbonyl (C=O) groups is 2. The molecule has 35 heavy (non-hydrogen) atoms. The van der Waals surface area contributed by atoms with Gasteiger partial charge in [0, 0.05) is 29.8 Å². The van der Waals surface area contributed by atoms with E-state index in [1.54, 1.807) is 42.5 Å². The second kappa shape index (κ2) is 12.0. The molecule has 0 heterocycles. The summed E-state index contributed by atoms with van der Waals surface area (Å²) in [6.45, 7) is 0.998. The van der Waals surface area contributed by atoms with Gasteiger partial charge in [-0.1, -0.05) is 60.7 Å². The number of anilines is 1. The molecule has 0 aliphatic heterocycles. The number of hydrogen-bond donors (Lipinski definition) is 2. The van der Waals surface area contributed by atoms with Crippen molar-refractivity contribution in [2.75, 3.05) is 11.9 Å². The van der Waals surface area contributed by atoms with Crippen molar-refractivity contribution < 1.29 is 14.3 Å². The maximum Gasteiger partial charge on any atom is 0.255 e.